The van der Waals surface area contributed by atoms with Crippen molar-refractivity contribution < 1.29 is 32.3 Å². The number of carbonyl (C=O) groups is 4. The van der Waals surface area contributed by atoms with Crippen molar-refractivity contribution in [1.29, 1.82) is 0 Å². The highest BCUT2D eigenvalue weighted by Crippen LogP contribution is 2.16. The van der Waals surface area contributed by atoms with E-state index in [9.17, 15) is 27.6 Å². The van der Waals surface area contributed by atoms with Crippen molar-refractivity contribution in [2.24, 2.45) is 0 Å². The molecule has 0 aromatic heterocycles. The number of urea groups is 1. The zero-order chi connectivity index (χ0) is 21.1. The number of Topliss-reactive ketones (excluding diaryl/α,β-unsaturated/α-hetero) is 1. The normalized spacial score (nSPS) is 15.3. The molecule has 152 valence electrons. The Hall–Kier alpha value is -2.79. The molecule has 28 heavy (non-hydrogen) atoms. The maximum absolute atomic E-state index is 12.5. The van der Waals surface area contributed by atoms with Crippen LogP contribution < -0.4 is 5.32 Å². The molecule has 1 fully saturated rings. The maximum Gasteiger partial charge on any atom is 0.324 e. The highest BCUT2D eigenvalue weighted by atomic mass is 32.2. The first-order valence-electron chi connectivity index (χ1n) is 8.40. The molecule has 2 rings (SSSR count). The Morgan fingerprint density at radius 3 is 2.36 bits per heavy atom. The van der Waals surface area contributed by atoms with Crippen LogP contribution in [-0.4, -0.2) is 74.1 Å². The third-order valence-corrected chi connectivity index (χ3v) is 5.92. The molecule has 1 aromatic rings. The third-order valence-electron chi connectivity index (χ3n) is 4.10. The van der Waals surface area contributed by atoms with E-state index in [0.29, 0.717) is 12.1 Å². The number of imide groups is 1. The number of nitrogens with one attached hydrogen (secondary N) is 1. The number of benzene rings is 1. The second kappa shape index (κ2) is 8.48. The highest BCUT2D eigenvalue weighted by Gasteiger charge is 2.32. The third kappa shape index (κ3) is 4.73. The summed E-state index contributed by atoms with van der Waals surface area (Å²) in [6.45, 7) is 2.53. The predicted molar refractivity (Wildman–Crippen MR) is 96.9 cm³/mol. The minimum atomic E-state index is -4.00. The number of sulfonamides is 1. The van der Waals surface area contributed by atoms with Gasteiger partial charge in [-0.25, -0.2) is 13.2 Å². The van der Waals surface area contributed by atoms with Gasteiger partial charge in [0, 0.05) is 25.7 Å². The predicted octanol–water partition coefficient (Wildman–Crippen LogP) is -0.00680. The summed E-state index contributed by atoms with van der Waals surface area (Å²) >= 11 is 0. The van der Waals surface area contributed by atoms with Crippen molar-refractivity contribution in [3.63, 3.8) is 0 Å². The number of hydrogen-bond acceptors (Lipinski definition) is 7. The molecule has 0 aliphatic carbocycles. The number of likely N-dealkylation sites (N-methyl/N-ethyl adjacent to an activating group) is 1. The van der Waals surface area contributed by atoms with Crippen LogP contribution in [0.2, 0.25) is 0 Å². The van der Waals surface area contributed by atoms with Gasteiger partial charge in [-0.15, -0.1) is 0 Å². The highest BCUT2D eigenvalue weighted by molar-refractivity contribution is 7.89. The van der Waals surface area contributed by atoms with Crippen molar-refractivity contribution >= 4 is 33.7 Å². The minimum absolute atomic E-state index is 0.0920. The molecule has 1 atom stereocenters. The average Bonchev–Trinajstić information content (AvgIpc) is 3.06. The molecule has 0 bridgehead atoms. The Morgan fingerprint density at radius 1 is 1.25 bits per heavy atom. The lowest BCUT2D eigenvalue weighted by Gasteiger charge is -2.20. The fraction of sp³-hybridized carbons (Fsp3) is 0.412. The van der Waals surface area contributed by atoms with E-state index >= 15 is 0 Å². The van der Waals surface area contributed by atoms with Crippen molar-refractivity contribution in [1.82, 2.24) is 14.5 Å². The topological polar surface area (TPSA) is 130 Å². The first kappa shape index (κ1) is 21.5. The number of hydrogen-bond donors (Lipinski definition) is 1. The largest absolute Gasteiger partial charge is 0.452 e. The van der Waals surface area contributed by atoms with Crippen LogP contribution >= 0.6 is 0 Å². The maximum atomic E-state index is 12.5. The van der Waals surface area contributed by atoms with Crippen molar-refractivity contribution in [3.05, 3.63) is 29.8 Å². The van der Waals surface area contributed by atoms with Gasteiger partial charge in [-0.2, -0.15) is 4.31 Å². The molecule has 1 saturated heterocycles. The van der Waals surface area contributed by atoms with Gasteiger partial charge >= 0.3 is 12.0 Å². The summed E-state index contributed by atoms with van der Waals surface area (Å²) in [6.07, 6.45) is -1.23. The Morgan fingerprint density at radius 2 is 1.86 bits per heavy atom. The van der Waals surface area contributed by atoms with Crippen LogP contribution in [-0.2, 0) is 24.3 Å². The number of amides is 3. The van der Waals surface area contributed by atoms with Gasteiger partial charge < -0.3 is 10.1 Å². The first-order chi connectivity index (χ1) is 13.0. The number of nitrogens with zero attached hydrogens (tertiary/aromatic N) is 2. The van der Waals surface area contributed by atoms with Crippen molar-refractivity contribution in [3.8, 4) is 0 Å². The molecule has 0 spiro atoms. The molecule has 1 N–H and O–H groups in total. The van der Waals surface area contributed by atoms with E-state index in [1.165, 1.54) is 45.2 Å². The zero-order valence-corrected chi connectivity index (χ0v) is 16.5. The van der Waals surface area contributed by atoms with Gasteiger partial charge in [-0.05, 0) is 26.0 Å². The molecule has 1 aliphatic heterocycles. The van der Waals surface area contributed by atoms with E-state index in [2.05, 4.69) is 5.32 Å². The molecular formula is C17H21N3O7S. The lowest BCUT2D eigenvalue weighted by molar-refractivity contribution is -0.157. The zero-order valence-electron chi connectivity index (χ0n) is 15.7. The van der Waals surface area contributed by atoms with Crippen LogP contribution in [0.3, 0.4) is 0 Å². The minimum Gasteiger partial charge on any atom is -0.452 e. The lowest BCUT2D eigenvalue weighted by atomic mass is 10.2. The van der Waals surface area contributed by atoms with E-state index < -0.39 is 40.6 Å². The monoisotopic (exact) mass is 411 g/mol. The van der Waals surface area contributed by atoms with Gasteiger partial charge in [0.2, 0.25) is 10.0 Å². The standard InChI is InChI=1S/C17H21N3O7S/c1-11(21)13-4-6-14(7-5-13)28(25,26)19(3)10-15(22)27-12(2)16(23)20-9-8-18-17(20)24/h4-7,12H,8-10H2,1-3H3,(H,18,24). The SMILES string of the molecule is CC(=O)c1ccc(S(=O)(=O)N(C)CC(=O)OC(C)C(=O)N2CCNC2=O)cc1. The summed E-state index contributed by atoms with van der Waals surface area (Å²) < 4.78 is 30.8. The molecule has 3 amide bonds. The Bertz CT molecular complexity index is 896. The Labute approximate surface area is 162 Å². The van der Waals surface area contributed by atoms with Gasteiger partial charge in [0.1, 0.15) is 6.54 Å². The van der Waals surface area contributed by atoms with Gasteiger partial charge in [0.05, 0.1) is 4.90 Å². The number of ether oxygens (including phenoxy) is 1. The Balaban J connectivity index is 1.99. The fourth-order valence-corrected chi connectivity index (χ4v) is 3.61. The summed E-state index contributed by atoms with van der Waals surface area (Å²) in [6, 6.07) is 4.73. The molecule has 11 heteroatoms. The summed E-state index contributed by atoms with van der Waals surface area (Å²) in [5.41, 5.74) is 0.360. The van der Waals surface area contributed by atoms with E-state index in [0.717, 1.165) is 9.21 Å². The number of carbonyl (C=O) groups excluding carboxylic acids is 4. The molecule has 0 radical (unpaired) electrons. The quantitative estimate of drug-likeness (QED) is 0.493. The molecular weight excluding hydrogens is 390 g/mol. The van der Waals surface area contributed by atoms with Gasteiger partial charge in [-0.1, -0.05) is 12.1 Å². The van der Waals surface area contributed by atoms with Gasteiger partial charge in [0.25, 0.3) is 5.91 Å². The van der Waals surface area contributed by atoms with Crippen LogP contribution in [0.1, 0.15) is 24.2 Å². The lowest BCUT2D eigenvalue weighted by Crippen LogP contribution is -2.43. The number of ketones is 1. The van der Waals surface area contributed by atoms with E-state index in [1.807, 2.05) is 0 Å². The number of esters is 1. The molecule has 1 unspecified atom stereocenters. The number of rotatable bonds is 7. The molecule has 0 saturated carbocycles. The van der Waals surface area contributed by atoms with Crippen LogP contribution in [0.4, 0.5) is 4.79 Å². The fourth-order valence-electron chi connectivity index (χ4n) is 2.49. The van der Waals surface area contributed by atoms with E-state index in [1.54, 1.807) is 0 Å². The Kier molecular flexibility index (Phi) is 6.52. The molecule has 1 aromatic carbocycles. The van der Waals surface area contributed by atoms with Crippen molar-refractivity contribution in [2.45, 2.75) is 24.8 Å². The van der Waals surface area contributed by atoms with Crippen LogP contribution in [0.25, 0.3) is 0 Å². The average molecular weight is 411 g/mol. The van der Waals surface area contributed by atoms with E-state index in [-0.39, 0.29) is 17.2 Å². The summed E-state index contributed by atoms with van der Waals surface area (Å²) in [4.78, 5) is 47.8. The van der Waals surface area contributed by atoms with Crippen LogP contribution in [0.5, 0.6) is 0 Å². The molecule has 1 heterocycles. The smallest absolute Gasteiger partial charge is 0.324 e. The summed E-state index contributed by atoms with van der Waals surface area (Å²) in [5, 5.41) is 2.46. The second-order valence-electron chi connectivity index (χ2n) is 6.20. The summed E-state index contributed by atoms with van der Waals surface area (Å²) in [5.74, 6) is -1.83. The van der Waals surface area contributed by atoms with E-state index in [4.69, 9.17) is 4.74 Å². The van der Waals surface area contributed by atoms with Crippen molar-refractivity contribution in [2.75, 3.05) is 26.7 Å². The van der Waals surface area contributed by atoms with Gasteiger partial charge in [0.15, 0.2) is 11.9 Å². The second-order valence-corrected chi connectivity index (χ2v) is 8.24. The van der Waals surface area contributed by atoms with Gasteiger partial charge in [-0.3, -0.25) is 19.3 Å². The van der Waals surface area contributed by atoms with Crippen LogP contribution in [0.15, 0.2) is 29.2 Å². The summed E-state index contributed by atoms with van der Waals surface area (Å²) in [7, 11) is -2.80. The molecule has 1 aliphatic rings. The molecule has 10 nitrogen and oxygen atoms in total. The first-order valence-corrected chi connectivity index (χ1v) is 9.84. The van der Waals surface area contributed by atoms with Crippen LogP contribution in [0, 0.1) is 0 Å².